The first-order valence-electron chi connectivity index (χ1n) is 5.56. The first-order valence-corrected chi connectivity index (χ1v) is 5.56. The van der Waals surface area contributed by atoms with Gasteiger partial charge in [0.25, 0.3) is 0 Å². The van der Waals surface area contributed by atoms with Crippen molar-refractivity contribution in [1.29, 1.82) is 0 Å². The van der Waals surface area contributed by atoms with E-state index in [1.54, 1.807) is 24.3 Å². The standard InChI is InChI=1S/C13H11BF3O/c15-14(16,17)10-11-6-8-13(9-7-11)18-12-4-2-1-3-5-12/h1-9H,10H2/q-1. The zero-order chi connectivity index (χ0) is 13.0. The number of halogens is 3. The fraction of sp³-hybridized carbons (Fsp3) is 0.0769. The van der Waals surface area contributed by atoms with E-state index in [2.05, 4.69) is 0 Å². The average Bonchev–Trinajstić information content (AvgIpc) is 2.31. The zero-order valence-corrected chi connectivity index (χ0v) is 9.52. The number of para-hydroxylation sites is 1. The Bertz CT molecular complexity index is 494. The van der Waals surface area contributed by atoms with Crippen molar-refractivity contribution in [3.63, 3.8) is 0 Å². The van der Waals surface area contributed by atoms with Crippen LogP contribution in [-0.2, 0) is 6.32 Å². The van der Waals surface area contributed by atoms with Crippen molar-refractivity contribution >= 4 is 6.98 Å². The first-order chi connectivity index (χ1) is 8.53. The van der Waals surface area contributed by atoms with Gasteiger partial charge in [0.1, 0.15) is 11.5 Å². The van der Waals surface area contributed by atoms with E-state index >= 15 is 0 Å². The highest BCUT2D eigenvalue weighted by atomic mass is 19.4. The monoisotopic (exact) mass is 251 g/mol. The second-order valence-corrected chi connectivity index (χ2v) is 3.97. The summed E-state index contributed by atoms with van der Waals surface area (Å²) in [6.07, 6.45) is -0.856. The van der Waals surface area contributed by atoms with Crippen LogP contribution >= 0.6 is 0 Å². The minimum Gasteiger partial charge on any atom is -0.457 e. The summed E-state index contributed by atoms with van der Waals surface area (Å²) in [7, 11) is 0. The lowest BCUT2D eigenvalue weighted by Crippen LogP contribution is -2.19. The van der Waals surface area contributed by atoms with E-state index in [4.69, 9.17) is 4.74 Å². The van der Waals surface area contributed by atoms with Crippen LogP contribution in [0, 0.1) is 0 Å². The van der Waals surface area contributed by atoms with Gasteiger partial charge in [-0.05, 0) is 24.3 Å². The predicted molar refractivity (Wildman–Crippen MR) is 65.7 cm³/mol. The third-order valence-electron chi connectivity index (χ3n) is 2.37. The topological polar surface area (TPSA) is 9.23 Å². The summed E-state index contributed by atoms with van der Waals surface area (Å²) in [5.41, 5.74) is 0.253. The predicted octanol–water partition coefficient (Wildman–Crippen LogP) is 4.41. The summed E-state index contributed by atoms with van der Waals surface area (Å²) < 4.78 is 42.1. The summed E-state index contributed by atoms with van der Waals surface area (Å²) >= 11 is 0. The molecule has 0 N–H and O–H groups in total. The van der Waals surface area contributed by atoms with Gasteiger partial charge >= 0.3 is 6.98 Å². The molecule has 0 atom stereocenters. The molecule has 0 saturated carbocycles. The molecule has 94 valence electrons. The molecule has 5 heteroatoms. The van der Waals surface area contributed by atoms with Crippen LogP contribution in [0.1, 0.15) is 5.56 Å². The lowest BCUT2D eigenvalue weighted by atomic mass is 9.82. The Labute approximate surface area is 103 Å². The van der Waals surface area contributed by atoms with Crippen molar-refractivity contribution in [2.24, 2.45) is 0 Å². The van der Waals surface area contributed by atoms with Crippen LogP contribution in [0.15, 0.2) is 54.6 Å². The Kier molecular flexibility index (Phi) is 3.60. The second kappa shape index (κ2) is 5.17. The van der Waals surface area contributed by atoms with E-state index in [1.807, 2.05) is 18.2 Å². The van der Waals surface area contributed by atoms with Crippen LogP contribution < -0.4 is 4.74 Å². The molecule has 0 fully saturated rings. The molecule has 2 aromatic carbocycles. The average molecular weight is 251 g/mol. The summed E-state index contributed by atoms with van der Waals surface area (Å²) in [5, 5.41) is 0. The van der Waals surface area contributed by atoms with Crippen molar-refractivity contribution < 1.29 is 17.7 Å². The fourth-order valence-electron chi connectivity index (χ4n) is 1.59. The van der Waals surface area contributed by atoms with Crippen LogP contribution in [-0.4, -0.2) is 6.98 Å². The molecule has 2 aromatic rings. The van der Waals surface area contributed by atoms with Crippen molar-refractivity contribution in [3.05, 3.63) is 60.2 Å². The molecular formula is C13H11BF3O-. The van der Waals surface area contributed by atoms with Gasteiger partial charge in [-0.25, -0.2) is 0 Å². The molecular weight excluding hydrogens is 240 g/mol. The summed E-state index contributed by atoms with van der Waals surface area (Å²) in [4.78, 5) is 0. The lowest BCUT2D eigenvalue weighted by Gasteiger charge is -2.13. The molecule has 0 aliphatic carbocycles. The smallest absolute Gasteiger partial charge is 0.457 e. The molecule has 1 nitrogen and oxygen atoms in total. The minimum atomic E-state index is -4.79. The van der Waals surface area contributed by atoms with Gasteiger partial charge in [0.05, 0.1) is 0 Å². The number of hydrogen-bond donors (Lipinski definition) is 0. The molecule has 0 aliphatic rings. The summed E-state index contributed by atoms with van der Waals surface area (Å²) in [5.74, 6) is 1.19. The van der Waals surface area contributed by atoms with Crippen LogP contribution in [0.2, 0.25) is 0 Å². The quantitative estimate of drug-likeness (QED) is 0.731. The van der Waals surface area contributed by atoms with E-state index in [-0.39, 0.29) is 5.56 Å². The zero-order valence-electron chi connectivity index (χ0n) is 9.52. The molecule has 0 spiro atoms. The lowest BCUT2D eigenvalue weighted by molar-refractivity contribution is 0.467. The Balaban J connectivity index is 2.04. The molecule has 18 heavy (non-hydrogen) atoms. The highest BCUT2D eigenvalue weighted by Crippen LogP contribution is 2.23. The third kappa shape index (κ3) is 3.84. The number of hydrogen-bond acceptors (Lipinski definition) is 1. The molecule has 0 amide bonds. The van der Waals surface area contributed by atoms with Gasteiger partial charge in [0.15, 0.2) is 0 Å². The first kappa shape index (κ1) is 12.5. The van der Waals surface area contributed by atoms with Crippen LogP contribution in [0.25, 0.3) is 0 Å². The van der Waals surface area contributed by atoms with Gasteiger partial charge in [-0.15, -0.1) is 0 Å². The second-order valence-electron chi connectivity index (χ2n) is 3.97. The molecule has 0 aromatic heterocycles. The maximum atomic E-state index is 12.2. The van der Waals surface area contributed by atoms with Gasteiger partial charge < -0.3 is 17.7 Å². The van der Waals surface area contributed by atoms with Crippen molar-refractivity contribution in [2.45, 2.75) is 6.32 Å². The van der Waals surface area contributed by atoms with Crippen LogP contribution in [0.4, 0.5) is 12.9 Å². The molecule has 0 heterocycles. The SMILES string of the molecule is F[B-](F)(F)Cc1ccc(Oc2ccccc2)cc1. The third-order valence-corrected chi connectivity index (χ3v) is 2.37. The van der Waals surface area contributed by atoms with Crippen molar-refractivity contribution in [3.8, 4) is 11.5 Å². The molecule has 0 bridgehead atoms. The number of ether oxygens (including phenoxy) is 1. The van der Waals surface area contributed by atoms with Crippen molar-refractivity contribution in [1.82, 2.24) is 0 Å². The van der Waals surface area contributed by atoms with Crippen molar-refractivity contribution in [2.75, 3.05) is 0 Å². The highest BCUT2D eigenvalue weighted by molar-refractivity contribution is 6.57. The normalized spacial score (nSPS) is 11.3. The number of benzene rings is 2. The van der Waals surface area contributed by atoms with E-state index in [9.17, 15) is 12.9 Å². The van der Waals surface area contributed by atoms with E-state index in [0.29, 0.717) is 11.5 Å². The Morgan fingerprint density at radius 2 is 1.33 bits per heavy atom. The van der Waals surface area contributed by atoms with Gasteiger partial charge in [0.2, 0.25) is 0 Å². The Hall–Kier alpha value is -1.91. The number of rotatable bonds is 4. The maximum Gasteiger partial charge on any atom is 0.482 e. The largest absolute Gasteiger partial charge is 0.482 e. The van der Waals surface area contributed by atoms with E-state index < -0.39 is 13.3 Å². The van der Waals surface area contributed by atoms with Gasteiger partial charge in [-0.2, -0.15) is 0 Å². The highest BCUT2D eigenvalue weighted by Gasteiger charge is 2.22. The summed E-state index contributed by atoms with van der Waals surface area (Å²) in [6, 6.07) is 15.1. The van der Waals surface area contributed by atoms with Gasteiger partial charge in [-0.1, -0.05) is 42.2 Å². The molecule has 2 rings (SSSR count). The molecule has 0 unspecified atom stereocenters. The van der Waals surface area contributed by atoms with Gasteiger partial charge in [-0.3, -0.25) is 0 Å². The van der Waals surface area contributed by atoms with E-state index in [0.717, 1.165) is 0 Å². The maximum absolute atomic E-state index is 12.2. The Morgan fingerprint density at radius 3 is 1.89 bits per heavy atom. The minimum absolute atomic E-state index is 0.253. The van der Waals surface area contributed by atoms with Crippen LogP contribution in [0.3, 0.4) is 0 Å². The van der Waals surface area contributed by atoms with E-state index in [1.165, 1.54) is 12.1 Å². The fourth-order valence-corrected chi connectivity index (χ4v) is 1.59. The summed E-state index contributed by atoms with van der Waals surface area (Å²) in [6.45, 7) is -4.79. The molecule has 0 saturated heterocycles. The van der Waals surface area contributed by atoms with Gasteiger partial charge in [0, 0.05) is 0 Å². The van der Waals surface area contributed by atoms with Crippen LogP contribution in [0.5, 0.6) is 11.5 Å². The Morgan fingerprint density at radius 1 is 0.778 bits per heavy atom. The molecule has 0 radical (unpaired) electrons. The molecule has 0 aliphatic heterocycles.